The number of nitrogen functional groups attached to an aromatic ring is 1. The maximum atomic E-state index is 11.3. The maximum absolute atomic E-state index is 11.3. The predicted octanol–water partition coefficient (Wildman–Crippen LogP) is 1.97. The summed E-state index contributed by atoms with van der Waals surface area (Å²) >= 11 is 1.50. The average Bonchev–Trinajstić information content (AvgIpc) is 2.92. The van der Waals surface area contributed by atoms with E-state index in [1.165, 1.54) is 11.3 Å². The molecule has 0 atom stereocenters. The van der Waals surface area contributed by atoms with Gasteiger partial charge in [-0.1, -0.05) is 6.07 Å². The molecule has 0 aliphatic carbocycles. The number of carbonyl (C=O) groups excluding carboxylic acids is 1. The lowest BCUT2D eigenvalue weighted by atomic mass is 10.2. The summed E-state index contributed by atoms with van der Waals surface area (Å²) in [5.74, 6) is 0.161. The molecule has 0 radical (unpaired) electrons. The van der Waals surface area contributed by atoms with Gasteiger partial charge in [-0.2, -0.15) is 0 Å². The summed E-state index contributed by atoms with van der Waals surface area (Å²) in [7, 11) is 0. The van der Waals surface area contributed by atoms with Crippen molar-refractivity contribution in [3.63, 3.8) is 0 Å². The van der Waals surface area contributed by atoms with E-state index in [4.69, 9.17) is 11.5 Å². The van der Waals surface area contributed by atoms with E-state index < -0.39 is 5.91 Å². The van der Waals surface area contributed by atoms with Crippen molar-refractivity contribution in [1.82, 2.24) is 9.97 Å². The van der Waals surface area contributed by atoms with Crippen LogP contribution in [-0.4, -0.2) is 15.9 Å². The van der Waals surface area contributed by atoms with E-state index in [1.807, 2.05) is 16.8 Å². The minimum atomic E-state index is -0.489. The van der Waals surface area contributed by atoms with Crippen molar-refractivity contribution in [2.45, 2.75) is 0 Å². The number of benzene rings is 1. The molecule has 0 aliphatic rings. The number of nitrogens with zero attached hydrogens (tertiary/aromatic N) is 1. The summed E-state index contributed by atoms with van der Waals surface area (Å²) in [5.41, 5.74) is 14.4. The first kappa shape index (κ1) is 10.8. The Morgan fingerprint density at radius 3 is 2.83 bits per heavy atom. The number of carbonyl (C=O) groups is 1. The molecule has 90 valence electrons. The van der Waals surface area contributed by atoms with Gasteiger partial charge < -0.3 is 16.5 Å². The highest BCUT2D eigenvalue weighted by Gasteiger charge is 2.13. The van der Waals surface area contributed by atoms with Gasteiger partial charge in [-0.05, 0) is 12.1 Å². The average molecular weight is 258 g/mol. The minimum absolute atomic E-state index is 0.406. The van der Waals surface area contributed by atoms with Crippen LogP contribution in [-0.2, 0) is 0 Å². The summed E-state index contributed by atoms with van der Waals surface area (Å²) in [6.07, 6.45) is 0. The molecular weight excluding hydrogens is 248 g/mol. The molecule has 18 heavy (non-hydrogen) atoms. The highest BCUT2D eigenvalue weighted by atomic mass is 32.1. The minimum Gasteiger partial charge on any atom is -0.397 e. The van der Waals surface area contributed by atoms with Gasteiger partial charge in [0.1, 0.15) is 11.3 Å². The Bertz CT molecular complexity index is 743. The first-order valence-electron chi connectivity index (χ1n) is 5.27. The van der Waals surface area contributed by atoms with Gasteiger partial charge in [-0.3, -0.25) is 4.79 Å². The molecule has 0 spiro atoms. The van der Waals surface area contributed by atoms with E-state index in [1.54, 1.807) is 12.1 Å². The molecule has 0 saturated carbocycles. The number of aromatic nitrogens is 2. The Balaban J connectivity index is 2.26. The predicted molar refractivity (Wildman–Crippen MR) is 72.3 cm³/mol. The molecule has 1 aromatic carbocycles. The van der Waals surface area contributed by atoms with Gasteiger partial charge in [0.25, 0.3) is 5.91 Å². The molecule has 2 heterocycles. The van der Waals surface area contributed by atoms with Crippen molar-refractivity contribution in [3.05, 3.63) is 34.5 Å². The second-order valence-corrected chi connectivity index (χ2v) is 4.64. The van der Waals surface area contributed by atoms with E-state index in [9.17, 15) is 4.79 Å². The highest BCUT2D eigenvalue weighted by molar-refractivity contribution is 7.08. The number of nitrogens with two attached hydrogens (primary N) is 2. The fourth-order valence-electron chi connectivity index (χ4n) is 1.86. The quantitative estimate of drug-likeness (QED) is 0.655. The van der Waals surface area contributed by atoms with Crippen LogP contribution >= 0.6 is 11.3 Å². The van der Waals surface area contributed by atoms with Crippen molar-refractivity contribution >= 4 is 34.0 Å². The summed E-state index contributed by atoms with van der Waals surface area (Å²) in [6, 6.07) is 5.27. The van der Waals surface area contributed by atoms with E-state index in [0.717, 1.165) is 11.1 Å². The van der Waals surface area contributed by atoms with Gasteiger partial charge in [0.05, 0.1) is 22.3 Å². The number of para-hydroxylation sites is 1. The van der Waals surface area contributed by atoms with Crippen LogP contribution < -0.4 is 11.5 Å². The summed E-state index contributed by atoms with van der Waals surface area (Å²) in [4.78, 5) is 18.9. The van der Waals surface area contributed by atoms with Gasteiger partial charge in [0, 0.05) is 10.8 Å². The Morgan fingerprint density at radius 1 is 1.33 bits per heavy atom. The smallest absolute Gasteiger partial charge is 0.250 e. The largest absolute Gasteiger partial charge is 0.397 e. The normalized spacial score (nSPS) is 10.9. The summed E-state index contributed by atoms with van der Waals surface area (Å²) < 4.78 is 0. The highest BCUT2D eigenvalue weighted by Crippen LogP contribution is 2.29. The molecule has 3 aromatic rings. The summed E-state index contributed by atoms with van der Waals surface area (Å²) in [6.45, 7) is 0. The number of anilines is 1. The molecule has 5 nitrogen and oxygen atoms in total. The lowest BCUT2D eigenvalue weighted by Crippen LogP contribution is -2.11. The third-order valence-electron chi connectivity index (χ3n) is 2.73. The zero-order valence-corrected chi connectivity index (χ0v) is 10.1. The molecule has 6 heteroatoms. The number of primary amides is 1. The van der Waals surface area contributed by atoms with Crippen LogP contribution in [0.5, 0.6) is 0 Å². The van der Waals surface area contributed by atoms with Crippen LogP contribution in [0.2, 0.25) is 0 Å². The Morgan fingerprint density at radius 2 is 2.17 bits per heavy atom. The third-order valence-corrected chi connectivity index (χ3v) is 3.49. The van der Waals surface area contributed by atoms with Crippen LogP contribution in [0, 0.1) is 0 Å². The fraction of sp³-hybridized carbons (Fsp3) is 0. The summed E-state index contributed by atoms with van der Waals surface area (Å²) in [5, 5.41) is 3.76. The molecule has 5 N–H and O–H groups in total. The monoisotopic (exact) mass is 258 g/mol. The Labute approximate surface area is 106 Å². The van der Waals surface area contributed by atoms with E-state index in [0.29, 0.717) is 22.6 Å². The van der Waals surface area contributed by atoms with Crippen molar-refractivity contribution < 1.29 is 4.79 Å². The van der Waals surface area contributed by atoms with Crippen molar-refractivity contribution in [3.8, 4) is 11.4 Å². The molecule has 0 fully saturated rings. The SMILES string of the molecule is NC(=O)c1cccc2[nH]c(-c3cscc3N)nc12. The lowest BCUT2D eigenvalue weighted by molar-refractivity contribution is 0.100. The topological polar surface area (TPSA) is 97.8 Å². The van der Waals surface area contributed by atoms with Gasteiger partial charge in [-0.25, -0.2) is 4.98 Å². The number of thiophene rings is 1. The van der Waals surface area contributed by atoms with Crippen LogP contribution in [0.25, 0.3) is 22.4 Å². The zero-order chi connectivity index (χ0) is 12.7. The van der Waals surface area contributed by atoms with Crippen molar-refractivity contribution in [2.75, 3.05) is 5.73 Å². The molecular formula is C12H10N4OS. The van der Waals surface area contributed by atoms with Gasteiger partial charge in [-0.15, -0.1) is 11.3 Å². The number of hydrogen-bond donors (Lipinski definition) is 3. The molecule has 3 rings (SSSR count). The molecule has 0 saturated heterocycles. The number of imidazole rings is 1. The number of rotatable bonds is 2. The van der Waals surface area contributed by atoms with E-state index in [-0.39, 0.29) is 0 Å². The molecule has 0 aliphatic heterocycles. The number of H-pyrrole nitrogens is 1. The fourth-order valence-corrected chi connectivity index (χ4v) is 2.58. The van der Waals surface area contributed by atoms with Crippen LogP contribution in [0.4, 0.5) is 5.69 Å². The second-order valence-electron chi connectivity index (χ2n) is 3.89. The third kappa shape index (κ3) is 1.54. The zero-order valence-electron chi connectivity index (χ0n) is 9.31. The van der Waals surface area contributed by atoms with Crippen LogP contribution in [0.15, 0.2) is 29.0 Å². The van der Waals surface area contributed by atoms with E-state index in [2.05, 4.69) is 9.97 Å². The van der Waals surface area contributed by atoms with Gasteiger partial charge in [0.2, 0.25) is 0 Å². The Hall–Kier alpha value is -2.34. The molecule has 0 bridgehead atoms. The van der Waals surface area contributed by atoms with Gasteiger partial charge in [0.15, 0.2) is 0 Å². The van der Waals surface area contributed by atoms with Crippen molar-refractivity contribution in [2.24, 2.45) is 5.73 Å². The Kier molecular flexibility index (Phi) is 2.31. The molecule has 2 aromatic heterocycles. The maximum Gasteiger partial charge on any atom is 0.250 e. The van der Waals surface area contributed by atoms with Crippen LogP contribution in [0.1, 0.15) is 10.4 Å². The number of hydrogen-bond acceptors (Lipinski definition) is 4. The molecule has 1 amide bonds. The number of amides is 1. The van der Waals surface area contributed by atoms with E-state index >= 15 is 0 Å². The lowest BCUT2D eigenvalue weighted by Gasteiger charge is -1.94. The van der Waals surface area contributed by atoms with Gasteiger partial charge >= 0.3 is 0 Å². The van der Waals surface area contributed by atoms with Crippen LogP contribution in [0.3, 0.4) is 0 Å². The number of fused-ring (bicyclic) bond motifs is 1. The standard InChI is InChI=1S/C12H10N4OS/c13-8-5-18-4-7(8)12-15-9-3-1-2-6(11(14)17)10(9)16-12/h1-5H,13H2,(H2,14,17)(H,15,16). The number of nitrogens with one attached hydrogen (secondary N) is 1. The number of aromatic amines is 1. The van der Waals surface area contributed by atoms with Crippen molar-refractivity contribution in [1.29, 1.82) is 0 Å². The second kappa shape index (κ2) is 3.85. The molecule has 0 unspecified atom stereocenters. The first-order chi connectivity index (χ1) is 8.66. The first-order valence-corrected chi connectivity index (χ1v) is 6.21.